The molecule has 1 N–H and O–H groups in total. The number of ether oxygens (including phenoxy) is 1. The monoisotopic (exact) mass is 468 g/mol. The maximum Gasteiger partial charge on any atom is 0.309 e. The third kappa shape index (κ3) is 7.71. The van der Waals surface area contributed by atoms with E-state index in [2.05, 4.69) is 25.8 Å². The van der Waals surface area contributed by atoms with Crippen molar-refractivity contribution in [3.05, 3.63) is 49.1 Å². The van der Waals surface area contributed by atoms with Gasteiger partial charge in [-0.1, -0.05) is 0 Å². The van der Waals surface area contributed by atoms with Gasteiger partial charge in [0.15, 0.2) is 0 Å². The molecule has 0 aromatic carbocycles. The Kier molecular flexibility index (Phi) is 8.85. The predicted molar refractivity (Wildman–Crippen MR) is 132 cm³/mol. The number of carbonyl (C=O) groups is 2. The fraction of sp³-hybridized carbons (Fsp3) is 0.538. The van der Waals surface area contributed by atoms with E-state index in [1.165, 1.54) is 0 Å². The minimum Gasteiger partial charge on any atom is -0.481 e. The van der Waals surface area contributed by atoms with Gasteiger partial charge in [0.25, 0.3) is 0 Å². The second kappa shape index (κ2) is 11.8. The number of carboxylic acids is 1. The molecular formula is C26H36N4O4. The number of anilines is 2. The Balaban J connectivity index is 0.000000196. The molecule has 0 spiro atoms. The second-order valence-corrected chi connectivity index (χ2v) is 9.82. The number of aromatic nitrogens is 2. The molecule has 184 valence electrons. The van der Waals surface area contributed by atoms with Crippen molar-refractivity contribution in [1.29, 1.82) is 0 Å². The van der Waals surface area contributed by atoms with E-state index in [1.54, 1.807) is 12.4 Å². The fourth-order valence-corrected chi connectivity index (χ4v) is 4.22. The summed E-state index contributed by atoms with van der Waals surface area (Å²) in [4.78, 5) is 35.4. The normalized spacial score (nSPS) is 17.5. The van der Waals surface area contributed by atoms with E-state index in [0.717, 1.165) is 63.2 Å². The molecule has 4 rings (SSSR count). The summed E-state index contributed by atoms with van der Waals surface area (Å²) >= 11 is 0. The van der Waals surface area contributed by atoms with Crippen LogP contribution < -0.4 is 9.80 Å². The molecule has 2 aliphatic heterocycles. The van der Waals surface area contributed by atoms with Crippen LogP contribution in [0.2, 0.25) is 0 Å². The Hall–Kier alpha value is -3.16. The van der Waals surface area contributed by atoms with Crippen LogP contribution in [0.1, 0.15) is 46.5 Å². The van der Waals surface area contributed by atoms with Crippen LogP contribution in [0.4, 0.5) is 11.4 Å². The first-order valence-electron chi connectivity index (χ1n) is 12.0. The molecule has 0 saturated carbocycles. The molecule has 0 aliphatic carbocycles. The van der Waals surface area contributed by atoms with Gasteiger partial charge in [0.05, 0.1) is 35.6 Å². The lowest BCUT2D eigenvalue weighted by molar-refractivity contribution is -0.160. The number of aliphatic carboxylic acids is 1. The number of carbonyl (C=O) groups excluding carboxylic acids is 1. The Morgan fingerprint density at radius 1 is 0.853 bits per heavy atom. The Morgan fingerprint density at radius 3 is 1.65 bits per heavy atom. The van der Waals surface area contributed by atoms with Crippen molar-refractivity contribution in [2.45, 2.75) is 52.1 Å². The topological polar surface area (TPSA) is 95.9 Å². The second-order valence-electron chi connectivity index (χ2n) is 9.82. The lowest BCUT2D eigenvalue weighted by atomic mass is 9.96. The summed E-state index contributed by atoms with van der Waals surface area (Å²) in [5, 5.41) is 8.86. The van der Waals surface area contributed by atoms with E-state index in [4.69, 9.17) is 9.84 Å². The van der Waals surface area contributed by atoms with Crippen molar-refractivity contribution in [3.8, 4) is 0 Å². The lowest BCUT2D eigenvalue weighted by Gasteiger charge is -2.33. The summed E-state index contributed by atoms with van der Waals surface area (Å²) in [6.07, 6.45) is 10.4. The summed E-state index contributed by atoms with van der Waals surface area (Å²) in [5.74, 6) is -0.857. The molecule has 2 fully saturated rings. The van der Waals surface area contributed by atoms with Crippen LogP contribution in [0.3, 0.4) is 0 Å². The fourth-order valence-electron chi connectivity index (χ4n) is 4.22. The standard InChI is InChI=1S/C15H22N2O2.C11H14N2O2/c1-15(2,3)19-14(18)12-6-9-17(10-7-12)13-5-4-8-16-11-13;14-11(15)9-3-6-13(7-4-9)10-2-1-5-12-8-10/h4-5,8,11-12H,6-7,9-10H2,1-3H3;1-2,5,8-9H,3-4,6-7H2,(H,14,15). The average Bonchev–Trinajstić information content (AvgIpc) is 2.85. The van der Waals surface area contributed by atoms with E-state index < -0.39 is 11.6 Å². The predicted octanol–water partition coefficient (Wildman–Crippen LogP) is 4.02. The van der Waals surface area contributed by atoms with Crippen LogP contribution in [0.15, 0.2) is 49.1 Å². The maximum absolute atomic E-state index is 12.0. The number of hydrogen-bond acceptors (Lipinski definition) is 7. The van der Waals surface area contributed by atoms with Crippen LogP contribution in [0.5, 0.6) is 0 Å². The summed E-state index contributed by atoms with van der Waals surface area (Å²) in [5.41, 5.74) is 1.82. The zero-order chi connectivity index (χ0) is 24.6. The number of rotatable bonds is 4. The first kappa shape index (κ1) is 25.5. The van der Waals surface area contributed by atoms with Crippen LogP contribution in [0.25, 0.3) is 0 Å². The first-order chi connectivity index (χ1) is 16.2. The number of pyridine rings is 2. The highest BCUT2D eigenvalue weighted by Gasteiger charge is 2.29. The molecule has 0 atom stereocenters. The molecule has 8 heteroatoms. The zero-order valence-corrected chi connectivity index (χ0v) is 20.4. The van der Waals surface area contributed by atoms with E-state index in [1.807, 2.05) is 51.4 Å². The summed E-state index contributed by atoms with van der Waals surface area (Å²) in [6, 6.07) is 7.91. The van der Waals surface area contributed by atoms with Crippen LogP contribution in [-0.4, -0.2) is 58.8 Å². The number of hydrogen-bond donors (Lipinski definition) is 1. The average molecular weight is 469 g/mol. The van der Waals surface area contributed by atoms with E-state index in [9.17, 15) is 9.59 Å². The number of carboxylic acid groups (broad SMARTS) is 1. The van der Waals surface area contributed by atoms with Crippen molar-refractivity contribution in [3.63, 3.8) is 0 Å². The highest BCUT2D eigenvalue weighted by atomic mass is 16.6. The van der Waals surface area contributed by atoms with Gasteiger partial charge in [0, 0.05) is 38.6 Å². The van der Waals surface area contributed by atoms with Crippen LogP contribution >= 0.6 is 0 Å². The van der Waals surface area contributed by atoms with E-state index in [-0.39, 0.29) is 17.8 Å². The van der Waals surface area contributed by atoms with Gasteiger partial charge in [0.2, 0.25) is 0 Å². The summed E-state index contributed by atoms with van der Waals surface area (Å²) < 4.78 is 5.45. The lowest BCUT2D eigenvalue weighted by Crippen LogP contribution is -2.38. The smallest absolute Gasteiger partial charge is 0.309 e. The van der Waals surface area contributed by atoms with Crippen LogP contribution in [0, 0.1) is 11.8 Å². The minimum absolute atomic E-state index is 0.0344. The molecule has 4 heterocycles. The molecule has 2 saturated heterocycles. The highest BCUT2D eigenvalue weighted by molar-refractivity contribution is 5.73. The molecule has 34 heavy (non-hydrogen) atoms. The van der Waals surface area contributed by atoms with Crippen molar-refractivity contribution in [2.75, 3.05) is 36.0 Å². The minimum atomic E-state index is -0.666. The molecule has 0 amide bonds. The molecule has 2 aromatic rings. The van der Waals surface area contributed by atoms with Crippen molar-refractivity contribution in [1.82, 2.24) is 9.97 Å². The molecule has 2 aliphatic rings. The molecule has 2 aromatic heterocycles. The quantitative estimate of drug-likeness (QED) is 0.672. The van der Waals surface area contributed by atoms with Crippen molar-refractivity contribution >= 4 is 23.3 Å². The number of piperidine rings is 2. The van der Waals surface area contributed by atoms with Gasteiger partial charge in [0.1, 0.15) is 5.60 Å². The van der Waals surface area contributed by atoms with Gasteiger partial charge in [-0.15, -0.1) is 0 Å². The van der Waals surface area contributed by atoms with Crippen molar-refractivity contribution < 1.29 is 19.4 Å². The van der Waals surface area contributed by atoms with Gasteiger partial charge in [-0.25, -0.2) is 0 Å². The molecule has 0 unspecified atom stereocenters. The largest absolute Gasteiger partial charge is 0.481 e. The number of nitrogens with zero attached hydrogens (tertiary/aromatic N) is 4. The Morgan fingerprint density at radius 2 is 1.29 bits per heavy atom. The first-order valence-corrected chi connectivity index (χ1v) is 12.0. The van der Waals surface area contributed by atoms with Gasteiger partial charge in [-0.3, -0.25) is 19.6 Å². The third-order valence-electron chi connectivity index (χ3n) is 6.10. The highest BCUT2D eigenvalue weighted by Crippen LogP contribution is 2.25. The van der Waals surface area contributed by atoms with E-state index >= 15 is 0 Å². The molecular weight excluding hydrogens is 432 g/mol. The third-order valence-corrected chi connectivity index (χ3v) is 6.10. The SMILES string of the molecule is CC(C)(C)OC(=O)C1CCN(c2cccnc2)CC1.O=C(O)C1CCN(c2cccnc2)CC1. The summed E-state index contributed by atoms with van der Waals surface area (Å²) in [7, 11) is 0. The molecule has 0 radical (unpaired) electrons. The summed E-state index contributed by atoms with van der Waals surface area (Å²) in [6.45, 7) is 9.12. The van der Waals surface area contributed by atoms with Crippen LogP contribution in [-0.2, 0) is 14.3 Å². The number of esters is 1. The Bertz CT molecular complexity index is 901. The van der Waals surface area contributed by atoms with Gasteiger partial charge < -0.3 is 19.6 Å². The zero-order valence-electron chi connectivity index (χ0n) is 20.4. The maximum atomic E-state index is 12.0. The molecule has 0 bridgehead atoms. The van der Waals surface area contributed by atoms with Gasteiger partial charge >= 0.3 is 11.9 Å². The molecule has 8 nitrogen and oxygen atoms in total. The van der Waals surface area contributed by atoms with Crippen molar-refractivity contribution in [2.24, 2.45) is 11.8 Å². The van der Waals surface area contributed by atoms with Gasteiger partial charge in [-0.05, 0) is 70.7 Å². The Labute approximate surface area is 202 Å². The van der Waals surface area contributed by atoms with E-state index in [0.29, 0.717) is 0 Å². The van der Waals surface area contributed by atoms with Gasteiger partial charge in [-0.2, -0.15) is 0 Å².